The van der Waals surface area contributed by atoms with Gasteiger partial charge in [0.15, 0.2) is 11.8 Å². The van der Waals surface area contributed by atoms with Crippen molar-refractivity contribution in [1.29, 1.82) is 0 Å². The lowest BCUT2D eigenvalue weighted by Gasteiger charge is -2.07. The van der Waals surface area contributed by atoms with Gasteiger partial charge in [-0.25, -0.2) is 4.99 Å². The molecule has 0 aromatic carbocycles. The highest BCUT2D eigenvalue weighted by Gasteiger charge is 2.01. The van der Waals surface area contributed by atoms with Gasteiger partial charge in [-0.2, -0.15) is 4.98 Å². The highest BCUT2D eigenvalue weighted by atomic mass is 16.5. The van der Waals surface area contributed by atoms with Crippen molar-refractivity contribution in [2.45, 2.75) is 20.4 Å². The fourth-order valence-electron chi connectivity index (χ4n) is 1.03. The van der Waals surface area contributed by atoms with E-state index in [-0.39, 0.29) is 0 Å². The normalized spacial score (nSPS) is 10.9. The molecule has 0 aliphatic rings. The van der Waals surface area contributed by atoms with Crippen LogP contribution >= 0.6 is 0 Å². The van der Waals surface area contributed by atoms with Gasteiger partial charge >= 0.3 is 0 Å². The molecule has 0 aliphatic carbocycles. The summed E-state index contributed by atoms with van der Waals surface area (Å²) in [6.07, 6.45) is 5.15. The number of nitrogens with zero attached hydrogens (tertiary/aromatic N) is 3. The smallest absolute Gasteiger partial charge is 0.223 e. The quantitative estimate of drug-likeness (QED) is 0.427. The first kappa shape index (κ1) is 12.0. The van der Waals surface area contributed by atoms with Gasteiger partial charge in [0, 0.05) is 13.5 Å². The topological polar surface area (TPSA) is 75.3 Å². The third-order valence-electron chi connectivity index (χ3n) is 1.65. The Kier molecular flexibility index (Phi) is 4.86. The lowest BCUT2D eigenvalue weighted by Crippen LogP contribution is -2.37. The molecular formula is C10H15N5O. The van der Waals surface area contributed by atoms with Gasteiger partial charge in [0.1, 0.15) is 6.54 Å². The molecule has 1 heterocycles. The summed E-state index contributed by atoms with van der Waals surface area (Å²) in [6, 6.07) is 0. The summed E-state index contributed by atoms with van der Waals surface area (Å²) >= 11 is 0. The first-order chi connectivity index (χ1) is 7.76. The Morgan fingerprint density at radius 1 is 1.56 bits per heavy atom. The first-order valence-corrected chi connectivity index (χ1v) is 5.01. The second-order valence-corrected chi connectivity index (χ2v) is 2.98. The Morgan fingerprint density at radius 2 is 2.38 bits per heavy atom. The van der Waals surface area contributed by atoms with Gasteiger partial charge in [-0.3, -0.25) is 0 Å². The Labute approximate surface area is 94.5 Å². The van der Waals surface area contributed by atoms with E-state index >= 15 is 0 Å². The second kappa shape index (κ2) is 6.45. The van der Waals surface area contributed by atoms with E-state index in [9.17, 15) is 0 Å². The highest BCUT2D eigenvalue weighted by molar-refractivity contribution is 5.79. The number of aromatic nitrogens is 2. The van der Waals surface area contributed by atoms with Crippen LogP contribution in [0, 0.1) is 19.3 Å². The molecule has 2 N–H and O–H groups in total. The Bertz CT molecular complexity index is 390. The van der Waals surface area contributed by atoms with Crippen LogP contribution in [0.15, 0.2) is 9.52 Å². The number of rotatable bonds is 4. The van der Waals surface area contributed by atoms with Gasteiger partial charge < -0.3 is 15.2 Å². The molecule has 6 nitrogen and oxygen atoms in total. The molecule has 16 heavy (non-hydrogen) atoms. The number of nitrogens with one attached hydrogen (secondary N) is 2. The van der Waals surface area contributed by atoms with E-state index in [0.717, 1.165) is 6.54 Å². The molecule has 0 amide bonds. The standard InChI is InChI=1S/C10H15N5O/c1-4-6-12-10(11-5-2)13-7-9-14-8(3)16-15-9/h1H,5-7H2,2-3H3,(H2,11,12,13). The minimum Gasteiger partial charge on any atom is -0.357 e. The zero-order valence-corrected chi connectivity index (χ0v) is 9.45. The molecule has 0 radical (unpaired) electrons. The van der Waals surface area contributed by atoms with Crippen LogP contribution < -0.4 is 10.6 Å². The monoisotopic (exact) mass is 221 g/mol. The maximum atomic E-state index is 5.15. The summed E-state index contributed by atoms with van der Waals surface area (Å²) in [4.78, 5) is 8.29. The van der Waals surface area contributed by atoms with Crippen LogP contribution in [-0.2, 0) is 6.54 Å². The number of guanidine groups is 1. The lowest BCUT2D eigenvalue weighted by molar-refractivity contribution is 0.387. The summed E-state index contributed by atoms with van der Waals surface area (Å²) in [7, 11) is 0. The van der Waals surface area contributed by atoms with Crippen LogP contribution in [-0.4, -0.2) is 29.2 Å². The van der Waals surface area contributed by atoms with E-state index in [1.165, 1.54) is 0 Å². The molecule has 0 saturated carbocycles. The SMILES string of the molecule is C#CCNC(=NCc1noc(C)n1)NCC. The van der Waals surface area contributed by atoms with Crippen molar-refractivity contribution >= 4 is 5.96 Å². The number of terminal acetylenes is 1. The summed E-state index contributed by atoms with van der Waals surface area (Å²) in [5.74, 6) is 4.20. The van der Waals surface area contributed by atoms with Crippen molar-refractivity contribution in [3.8, 4) is 12.3 Å². The van der Waals surface area contributed by atoms with Crippen LogP contribution in [0.3, 0.4) is 0 Å². The van der Waals surface area contributed by atoms with Gasteiger partial charge in [0.05, 0.1) is 6.54 Å². The molecule has 0 fully saturated rings. The zero-order valence-electron chi connectivity index (χ0n) is 9.45. The summed E-state index contributed by atoms with van der Waals surface area (Å²) in [5, 5.41) is 9.75. The van der Waals surface area contributed by atoms with Gasteiger partial charge in [-0.15, -0.1) is 6.42 Å². The first-order valence-electron chi connectivity index (χ1n) is 5.01. The maximum Gasteiger partial charge on any atom is 0.223 e. The molecule has 0 spiro atoms. The fourth-order valence-corrected chi connectivity index (χ4v) is 1.03. The Hall–Kier alpha value is -2.03. The average molecular weight is 221 g/mol. The van der Waals surface area contributed by atoms with E-state index in [1.807, 2.05) is 6.92 Å². The summed E-state index contributed by atoms with van der Waals surface area (Å²) in [5.41, 5.74) is 0. The minimum absolute atomic E-state index is 0.358. The lowest BCUT2D eigenvalue weighted by atomic mass is 10.6. The fraction of sp³-hybridized carbons (Fsp3) is 0.500. The van der Waals surface area contributed by atoms with Crippen molar-refractivity contribution in [2.24, 2.45) is 4.99 Å². The molecule has 86 valence electrons. The van der Waals surface area contributed by atoms with Crippen LogP contribution in [0.5, 0.6) is 0 Å². The van der Waals surface area contributed by atoms with E-state index in [0.29, 0.717) is 30.8 Å². The van der Waals surface area contributed by atoms with Crippen LogP contribution in [0.1, 0.15) is 18.6 Å². The van der Waals surface area contributed by atoms with Crippen molar-refractivity contribution < 1.29 is 4.52 Å². The number of hydrogen-bond acceptors (Lipinski definition) is 4. The Balaban J connectivity index is 2.53. The van der Waals surface area contributed by atoms with Crippen molar-refractivity contribution in [2.75, 3.05) is 13.1 Å². The number of aryl methyl sites for hydroxylation is 1. The molecule has 1 aromatic rings. The van der Waals surface area contributed by atoms with Gasteiger partial charge in [0.2, 0.25) is 5.89 Å². The summed E-state index contributed by atoms with van der Waals surface area (Å²) in [6.45, 7) is 5.27. The minimum atomic E-state index is 0.358. The van der Waals surface area contributed by atoms with E-state index in [4.69, 9.17) is 10.9 Å². The van der Waals surface area contributed by atoms with Crippen molar-refractivity contribution in [3.63, 3.8) is 0 Å². The van der Waals surface area contributed by atoms with E-state index < -0.39 is 0 Å². The second-order valence-electron chi connectivity index (χ2n) is 2.98. The third kappa shape index (κ3) is 4.00. The molecule has 0 bridgehead atoms. The molecule has 1 rings (SSSR count). The van der Waals surface area contributed by atoms with Crippen molar-refractivity contribution in [3.05, 3.63) is 11.7 Å². The van der Waals surface area contributed by atoms with E-state index in [2.05, 4.69) is 31.7 Å². The average Bonchev–Trinajstić information content (AvgIpc) is 2.68. The molecular weight excluding hydrogens is 206 g/mol. The summed E-state index contributed by atoms with van der Waals surface area (Å²) < 4.78 is 4.83. The molecule has 1 aromatic heterocycles. The van der Waals surface area contributed by atoms with E-state index in [1.54, 1.807) is 6.92 Å². The molecule has 0 unspecified atom stereocenters. The van der Waals surface area contributed by atoms with Crippen molar-refractivity contribution in [1.82, 2.24) is 20.8 Å². The Morgan fingerprint density at radius 3 is 2.94 bits per heavy atom. The van der Waals surface area contributed by atoms with Crippen LogP contribution in [0.4, 0.5) is 0 Å². The molecule has 6 heteroatoms. The largest absolute Gasteiger partial charge is 0.357 e. The van der Waals surface area contributed by atoms with Crippen LogP contribution in [0.25, 0.3) is 0 Å². The predicted molar refractivity (Wildman–Crippen MR) is 60.7 cm³/mol. The predicted octanol–water partition coefficient (Wildman–Crippen LogP) is 0.0663. The van der Waals surface area contributed by atoms with Gasteiger partial charge in [-0.05, 0) is 6.92 Å². The van der Waals surface area contributed by atoms with Crippen LogP contribution in [0.2, 0.25) is 0 Å². The molecule has 0 saturated heterocycles. The number of aliphatic imine (C=N–C) groups is 1. The van der Waals surface area contributed by atoms with Gasteiger partial charge in [0.25, 0.3) is 0 Å². The third-order valence-corrected chi connectivity index (χ3v) is 1.65. The zero-order chi connectivity index (χ0) is 11.8. The molecule has 0 atom stereocenters. The maximum absolute atomic E-state index is 5.15. The number of hydrogen-bond donors (Lipinski definition) is 2. The van der Waals surface area contributed by atoms with Gasteiger partial charge in [-0.1, -0.05) is 11.1 Å². The molecule has 0 aliphatic heterocycles. The highest BCUT2D eigenvalue weighted by Crippen LogP contribution is 1.96.